The molecule has 0 aliphatic carbocycles. The summed E-state index contributed by atoms with van der Waals surface area (Å²) < 4.78 is 0. The molecule has 0 atom stereocenters. The van der Waals surface area contributed by atoms with Crippen molar-refractivity contribution in [3.63, 3.8) is 0 Å². The van der Waals surface area contributed by atoms with Crippen molar-refractivity contribution in [2.24, 2.45) is 0 Å². The van der Waals surface area contributed by atoms with E-state index in [1.54, 1.807) is 0 Å². The number of hydrogen-bond acceptors (Lipinski definition) is 0. The molecule has 0 spiro atoms. The van der Waals surface area contributed by atoms with E-state index in [4.69, 9.17) is 19.1 Å². The molecule has 4 aromatic rings. The van der Waals surface area contributed by atoms with Gasteiger partial charge in [0, 0.05) is 0 Å². The molecule has 0 aliphatic rings. The van der Waals surface area contributed by atoms with Crippen LogP contribution in [0, 0.1) is 0 Å². The topological polar surface area (TPSA) is 0 Å². The average Bonchev–Trinajstić information content (AvgIpc) is 2.77. The van der Waals surface area contributed by atoms with E-state index >= 15 is 0 Å². The molecule has 0 fully saturated rings. The van der Waals surface area contributed by atoms with Crippen molar-refractivity contribution in [2.45, 2.75) is 0 Å². The predicted octanol–water partition coefficient (Wildman–Crippen LogP) is 6.54. The van der Waals surface area contributed by atoms with Crippen LogP contribution in [0.2, 0.25) is 0 Å². The minimum atomic E-state index is -3.00. The summed E-state index contributed by atoms with van der Waals surface area (Å²) in [5.74, 6) is 0. The molecule has 0 nitrogen and oxygen atoms in total. The molecule has 0 N–H and O–H groups in total. The van der Waals surface area contributed by atoms with Crippen molar-refractivity contribution in [2.75, 3.05) is 0 Å². The van der Waals surface area contributed by atoms with Gasteiger partial charge < -0.3 is 0 Å². The van der Waals surface area contributed by atoms with Gasteiger partial charge in [-0.1, -0.05) is 0 Å². The Morgan fingerprint density at radius 1 is 0.379 bits per heavy atom. The van der Waals surface area contributed by atoms with Crippen LogP contribution in [0.15, 0.2) is 121 Å². The van der Waals surface area contributed by atoms with Crippen LogP contribution in [0.1, 0.15) is 0 Å². The first kappa shape index (κ1) is 21.2. The van der Waals surface area contributed by atoms with Crippen LogP contribution in [0.25, 0.3) is 0 Å². The Hall–Kier alpha value is -1.02. The van der Waals surface area contributed by atoms with Crippen LogP contribution in [-0.4, -0.2) is 0 Å². The molecule has 150 valence electrons. The molecule has 0 unspecified atom stereocenters. The van der Waals surface area contributed by atoms with Crippen LogP contribution < -0.4 is 21.2 Å². The molecular formula is C24H20Cl2P2Pd. The second kappa shape index (κ2) is 9.86. The molecule has 0 saturated heterocycles. The van der Waals surface area contributed by atoms with Gasteiger partial charge in [-0.2, -0.15) is 0 Å². The van der Waals surface area contributed by atoms with Gasteiger partial charge in [-0.15, -0.1) is 0 Å². The van der Waals surface area contributed by atoms with Crippen molar-refractivity contribution in [1.82, 2.24) is 0 Å². The van der Waals surface area contributed by atoms with Crippen molar-refractivity contribution in [1.29, 1.82) is 0 Å². The van der Waals surface area contributed by atoms with Crippen LogP contribution in [0.3, 0.4) is 0 Å². The SMILES string of the molecule is [Cl][Pd]([Cl])([P](c1ccccc1)c1ccccc1)[P](c1ccccc1)c1ccccc1. The molecular weight excluding hydrogens is 528 g/mol. The van der Waals surface area contributed by atoms with E-state index in [1.165, 1.54) is 21.2 Å². The summed E-state index contributed by atoms with van der Waals surface area (Å²) in [6.45, 7) is 0. The second-order valence-electron chi connectivity index (χ2n) is 6.17. The van der Waals surface area contributed by atoms with Gasteiger partial charge in [-0.25, -0.2) is 0 Å². The molecule has 29 heavy (non-hydrogen) atoms. The van der Waals surface area contributed by atoms with E-state index in [-0.39, 0.29) is 0 Å². The fourth-order valence-corrected chi connectivity index (χ4v) is 31.8. The molecule has 5 heteroatoms. The van der Waals surface area contributed by atoms with Gasteiger partial charge in [0.2, 0.25) is 0 Å². The van der Waals surface area contributed by atoms with Crippen LogP contribution in [-0.2, 0) is 12.5 Å². The Balaban J connectivity index is 1.91. The number of rotatable bonds is 6. The third kappa shape index (κ3) is 4.84. The summed E-state index contributed by atoms with van der Waals surface area (Å²) in [7, 11) is 15.2. The van der Waals surface area contributed by atoms with E-state index < -0.39 is 24.7 Å². The van der Waals surface area contributed by atoms with Gasteiger partial charge in [-0.05, 0) is 0 Å². The van der Waals surface area contributed by atoms with Gasteiger partial charge >= 0.3 is 186 Å². The van der Waals surface area contributed by atoms with Crippen molar-refractivity contribution in [3.8, 4) is 0 Å². The zero-order chi connectivity index (χ0) is 20.1. The molecule has 0 radical (unpaired) electrons. The Bertz CT molecular complexity index is 865. The minimum absolute atomic E-state index is 0.871. The van der Waals surface area contributed by atoms with Gasteiger partial charge in [0.1, 0.15) is 0 Å². The zero-order valence-corrected chi connectivity index (χ0v) is 20.4. The number of benzene rings is 4. The zero-order valence-electron chi connectivity index (χ0n) is 15.5. The fourth-order valence-electron chi connectivity index (χ4n) is 2.95. The summed E-state index contributed by atoms with van der Waals surface area (Å²) in [6, 6.07) is 42.3. The van der Waals surface area contributed by atoms with Gasteiger partial charge in [0.15, 0.2) is 0 Å². The fraction of sp³-hybridized carbons (Fsp3) is 0. The first-order valence-corrected chi connectivity index (χ1v) is 19.6. The monoisotopic (exact) mass is 546 g/mol. The molecule has 0 aliphatic heterocycles. The third-order valence-electron chi connectivity index (χ3n) is 4.21. The van der Waals surface area contributed by atoms with E-state index in [2.05, 4.69) is 97.1 Å². The van der Waals surface area contributed by atoms with Crippen LogP contribution in [0.4, 0.5) is 0 Å². The van der Waals surface area contributed by atoms with Gasteiger partial charge in [0.25, 0.3) is 0 Å². The molecule has 0 amide bonds. The Kier molecular flexibility index (Phi) is 7.22. The van der Waals surface area contributed by atoms with E-state index in [1.807, 2.05) is 24.3 Å². The van der Waals surface area contributed by atoms with Crippen LogP contribution >= 0.6 is 31.3 Å². The van der Waals surface area contributed by atoms with E-state index in [9.17, 15) is 0 Å². The molecule has 0 heterocycles. The van der Waals surface area contributed by atoms with Gasteiger partial charge in [-0.3, -0.25) is 0 Å². The average molecular weight is 548 g/mol. The molecule has 4 rings (SSSR count). The molecule has 0 aromatic heterocycles. The summed E-state index contributed by atoms with van der Waals surface area (Å²) in [5, 5.41) is 4.98. The maximum atomic E-state index is 7.58. The van der Waals surface area contributed by atoms with E-state index in [0.717, 1.165) is 0 Å². The number of halogens is 2. The van der Waals surface area contributed by atoms with Crippen molar-refractivity contribution >= 4 is 52.5 Å². The molecule has 0 saturated carbocycles. The summed E-state index contributed by atoms with van der Waals surface area (Å²) in [6.07, 6.45) is -1.74. The van der Waals surface area contributed by atoms with Gasteiger partial charge in [0.05, 0.1) is 0 Å². The Morgan fingerprint density at radius 3 is 0.793 bits per heavy atom. The first-order valence-electron chi connectivity index (χ1n) is 9.06. The first-order chi connectivity index (χ1) is 14.2. The molecule has 4 aromatic carbocycles. The maximum absolute atomic E-state index is 7.58. The standard InChI is InChI=1S/2C12H10P.2ClH.Pd/c2*1-3-7-11(8-4-1)13-12-9-5-2-6-10-12;;;/h2*1-10H;2*1H;/q2*-1;;;+4/p-2. The summed E-state index contributed by atoms with van der Waals surface area (Å²) >= 11 is -3.00. The quantitative estimate of drug-likeness (QED) is 0.190. The second-order valence-corrected chi connectivity index (χ2v) is 30.3. The van der Waals surface area contributed by atoms with Crippen LogP contribution in [0.5, 0.6) is 0 Å². The van der Waals surface area contributed by atoms with E-state index in [0.29, 0.717) is 0 Å². The summed E-state index contributed by atoms with van der Waals surface area (Å²) in [4.78, 5) is 0. The third-order valence-corrected chi connectivity index (χ3v) is 29.7. The Labute approximate surface area is 185 Å². The Morgan fingerprint density at radius 2 is 0.586 bits per heavy atom. The molecule has 0 bridgehead atoms. The predicted molar refractivity (Wildman–Crippen MR) is 130 cm³/mol. The number of hydrogen-bond donors (Lipinski definition) is 0. The normalized spacial score (nSPS) is 12.3. The summed E-state index contributed by atoms with van der Waals surface area (Å²) in [5.41, 5.74) is 0. The van der Waals surface area contributed by atoms with Crippen molar-refractivity contribution < 1.29 is 12.5 Å². The van der Waals surface area contributed by atoms with Crippen molar-refractivity contribution in [3.05, 3.63) is 121 Å².